The Morgan fingerprint density at radius 2 is 2.00 bits per heavy atom. The molecule has 1 saturated heterocycles. The SMILES string of the molecule is C=CCOc1cccc(C2/C(=C(\O)c3c(C)[nH]c(C)c3C)C(=O)C(=O)N2c2cc(C)on2)c1. The van der Waals surface area contributed by atoms with Crippen LogP contribution in [-0.4, -0.2) is 33.5 Å². The summed E-state index contributed by atoms with van der Waals surface area (Å²) in [4.78, 5) is 30.9. The van der Waals surface area contributed by atoms with Crippen LogP contribution in [0.2, 0.25) is 0 Å². The zero-order chi connectivity index (χ0) is 23.9. The van der Waals surface area contributed by atoms with E-state index >= 15 is 0 Å². The molecule has 33 heavy (non-hydrogen) atoms. The molecule has 0 aliphatic carbocycles. The third-order valence-electron chi connectivity index (χ3n) is 5.77. The predicted molar refractivity (Wildman–Crippen MR) is 123 cm³/mol. The van der Waals surface area contributed by atoms with Crippen LogP contribution < -0.4 is 9.64 Å². The molecule has 0 saturated carbocycles. The fourth-order valence-corrected chi connectivity index (χ4v) is 4.18. The maximum Gasteiger partial charge on any atom is 0.301 e. The summed E-state index contributed by atoms with van der Waals surface area (Å²) in [6.45, 7) is 11.2. The largest absolute Gasteiger partial charge is 0.507 e. The average molecular weight is 447 g/mol. The molecule has 4 rings (SSSR count). The predicted octanol–water partition coefficient (Wildman–Crippen LogP) is 4.43. The number of carbonyl (C=O) groups excluding carboxylic acids is 2. The number of hydrogen-bond donors (Lipinski definition) is 2. The van der Waals surface area contributed by atoms with Crippen LogP contribution in [0.4, 0.5) is 5.82 Å². The first-order valence-electron chi connectivity index (χ1n) is 10.5. The number of aliphatic hydroxyl groups is 1. The number of aromatic amines is 1. The first-order chi connectivity index (χ1) is 15.7. The number of nitrogens with zero attached hydrogens (tertiary/aromatic N) is 2. The van der Waals surface area contributed by atoms with Crippen molar-refractivity contribution in [2.24, 2.45) is 0 Å². The van der Waals surface area contributed by atoms with Gasteiger partial charge in [0.15, 0.2) is 5.82 Å². The molecule has 1 atom stereocenters. The molecule has 1 unspecified atom stereocenters. The molecule has 8 heteroatoms. The molecule has 0 spiro atoms. The molecule has 3 heterocycles. The van der Waals surface area contributed by atoms with Gasteiger partial charge in [-0.25, -0.2) is 0 Å². The van der Waals surface area contributed by atoms with Crippen molar-refractivity contribution in [2.75, 3.05) is 11.5 Å². The molecule has 1 fully saturated rings. The summed E-state index contributed by atoms with van der Waals surface area (Å²) in [5.74, 6) is -0.614. The minimum absolute atomic E-state index is 0.0216. The number of nitrogens with one attached hydrogen (secondary N) is 1. The number of aryl methyl sites for hydroxylation is 3. The first kappa shape index (κ1) is 22.1. The highest BCUT2D eigenvalue weighted by Gasteiger charge is 2.48. The van der Waals surface area contributed by atoms with Crippen LogP contribution >= 0.6 is 0 Å². The van der Waals surface area contributed by atoms with Crippen molar-refractivity contribution in [3.05, 3.63) is 82.4 Å². The minimum atomic E-state index is -0.921. The fourth-order valence-electron chi connectivity index (χ4n) is 4.18. The topological polar surface area (TPSA) is 109 Å². The van der Waals surface area contributed by atoms with E-state index in [0.717, 1.165) is 11.3 Å². The fraction of sp³-hybridized carbons (Fsp3) is 0.240. The summed E-state index contributed by atoms with van der Waals surface area (Å²) >= 11 is 0. The van der Waals surface area contributed by atoms with Gasteiger partial charge in [0.05, 0.1) is 11.6 Å². The number of hydrogen-bond acceptors (Lipinski definition) is 6. The molecular formula is C25H25N3O5. The van der Waals surface area contributed by atoms with Gasteiger partial charge in [-0.05, 0) is 51.0 Å². The van der Waals surface area contributed by atoms with E-state index in [1.807, 2.05) is 20.8 Å². The van der Waals surface area contributed by atoms with E-state index in [9.17, 15) is 14.7 Å². The highest BCUT2D eigenvalue weighted by Crippen LogP contribution is 2.43. The Balaban J connectivity index is 1.96. The Hall–Kier alpha value is -4.07. The van der Waals surface area contributed by atoms with Crippen molar-refractivity contribution < 1.29 is 24.0 Å². The van der Waals surface area contributed by atoms with Crippen molar-refractivity contribution >= 4 is 23.3 Å². The molecule has 0 bridgehead atoms. The van der Waals surface area contributed by atoms with Gasteiger partial charge in [-0.3, -0.25) is 14.5 Å². The quantitative estimate of drug-likeness (QED) is 0.250. The second kappa shape index (κ2) is 8.46. The Morgan fingerprint density at radius 3 is 2.61 bits per heavy atom. The maximum atomic E-state index is 13.3. The van der Waals surface area contributed by atoms with Crippen LogP contribution in [0.15, 0.2) is 53.1 Å². The number of H-pyrrole nitrogens is 1. The minimum Gasteiger partial charge on any atom is -0.507 e. The Morgan fingerprint density at radius 1 is 1.24 bits per heavy atom. The van der Waals surface area contributed by atoms with E-state index in [2.05, 4.69) is 16.7 Å². The van der Waals surface area contributed by atoms with Crippen LogP contribution in [0.3, 0.4) is 0 Å². The number of ether oxygens (including phenoxy) is 1. The first-order valence-corrected chi connectivity index (χ1v) is 10.5. The van der Waals surface area contributed by atoms with Crippen molar-refractivity contribution in [3.63, 3.8) is 0 Å². The smallest absolute Gasteiger partial charge is 0.301 e. The average Bonchev–Trinajstić information content (AvgIpc) is 3.40. The van der Waals surface area contributed by atoms with E-state index in [0.29, 0.717) is 34.9 Å². The van der Waals surface area contributed by atoms with Crippen molar-refractivity contribution in [2.45, 2.75) is 33.7 Å². The van der Waals surface area contributed by atoms with Crippen LogP contribution in [0.5, 0.6) is 5.75 Å². The molecule has 1 aromatic carbocycles. The van der Waals surface area contributed by atoms with Crippen molar-refractivity contribution in [1.82, 2.24) is 10.1 Å². The lowest BCUT2D eigenvalue weighted by Gasteiger charge is -2.23. The highest BCUT2D eigenvalue weighted by molar-refractivity contribution is 6.51. The van der Waals surface area contributed by atoms with E-state index < -0.39 is 17.7 Å². The zero-order valence-corrected chi connectivity index (χ0v) is 18.9. The van der Waals surface area contributed by atoms with Crippen LogP contribution in [0.25, 0.3) is 5.76 Å². The molecule has 8 nitrogen and oxygen atoms in total. The van der Waals surface area contributed by atoms with Gasteiger partial charge in [-0.15, -0.1) is 0 Å². The van der Waals surface area contributed by atoms with Gasteiger partial charge in [0.2, 0.25) is 0 Å². The Bertz CT molecular complexity index is 1300. The van der Waals surface area contributed by atoms with Gasteiger partial charge in [0, 0.05) is 23.0 Å². The van der Waals surface area contributed by atoms with E-state index in [-0.39, 0.29) is 17.2 Å². The number of amides is 1. The van der Waals surface area contributed by atoms with Crippen LogP contribution in [-0.2, 0) is 9.59 Å². The van der Waals surface area contributed by atoms with Gasteiger partial charge < -0.3 is 19.4 Å². The molecule has 2 N–H and O–H groups in total. The lowest BCUT2D eigenvalue weighted by molar-refractivity contribution is -0.132. The lowest BCUT2D eigenvalue weighted by atomic mass is 9.94. The lowest BCUT2D eigenvalue weighted by Crippen LogP contribution is -2.29. The molecule has 0 radical (unpaired) electrons. The number of aliphatic hydroxyl groups excluding tert-OH is 1. The summed E-state index contributed by atoms with van der Waals surface area (Å²) < 4.78 is 10.8. The molecular weight excluding hydrogens is 422 g/mol. The third kappa shape index (κ3) is 3.73. The van der Waals surface area contributed by atoms with Gasteiger partial charge in [-0.2, -0.15) is 0 Å². The molecule has 2 aromatic heterocycles. The zero-order valence-electron chi connectivity index (χ0n) is 18.9. The number of rotatable bonds is 6. The maximum absolute atomic E-state index is 13.3. The molecule has 1 amide bonds. The summed E-state index contributed by atoms with van der Waals surface area (Å²) in [6, 6.07) is 7.69. The second-order valence-electron chi connectivity index (χ2n) is 8.01. The van der Waals surface area contributed by atoms with Gasteiger partial charge >= 0.3 is 5.91 Å². The van der Waals surface area contributed by atoms with Gasteiger partial charge in [-0.1, -0.05) is 29.9 Å². The molecule has 3 aromatic rings. The third-order valence-corrected chi connectivity index (χ3v) is 5.77. The molecule has 170 valence electrons. The van der Waals surface area contributed by atoms with E-state index in [1.165, 1.54) is 4.90 Å². The number of ketones is 1. The van der Waals surface area contributed by atoms with Gasteiger partial charge in [0.25, 0.3) is 5.78 Å². The van der Waals surface area contributed by atoms with Crippen molar-refractivity contribution in [1.29, 1.82) is 0 Å². The van der Waals surface area contributed by atoms with Gasteiger partial charge in [0.1, 0.15) is 23.9 Å². The van der Waals surface area contributed by atoms with Crippen LogP contribution in [0.1, 0.15) is 39.9 Å². The summed E-state index contributed by atoms with van der Waals surface area (Å²) in [6.07, 6.45) is 1.62. The number of anilines is 1. The summed E-state index contributed by atoms with van der Waals surface area (Å²) in [5.41, 5.74) is 3.44. The number of carbonyl (C=O) groups is 2. The summed E-state index contributed by atoms with van der Waals surface area (Å²) in [5, 5.41) is 15.3. The number of aromatic nitrogens is 2. The number of benzene rings is 1. The number of Topliss-reactive ketones (excluding diaryl/α,β-unsaturated/α-hetero) is 1. The highest BCUT2D eigenvalue weighted by atomic mass is 16.5. The monoisotopic (exact) mass is 447 g/mol. The molecule has 1 aliphatic heterocycles. The molecule has 1 aliphatic rings. The van der Waals surface area contributed by atoms with Crippen LogP contribution in [0, 0.1) is 27.7 Å². The van der Waals surface area contributed by atoms with Crippen molar-refractivity contribution in [3.8, 4) is 5.75 Å². The second-order valence-corrected chi connectivity index (χ2v) is 8.01. The van der Waals surface area contributed by atoms with E-state index in [4.69, 9.17) is 9.26 Å². The normalized spacial score (nSPS) is 17.6. The van der Waals surface area contributed by atoms with E-state index in [1.54, 1.807) is 43.3 Å². The Labute approximate surface area is 191 Å². The summed E-state index contributed by atoms with van der Waals surface area (Å²) in [7, 11) is 0. The Kier molecular flexibility index (Phi) is 5.68. The standard InChI is InChI=1S/C25H25N3O5/c1-6-10-32-18-9-7-8-17(12-18)22-21(23(29)20-14(3)15(4)26-16(20)5)24(30)25(31)28(22)19-11-13(2)33-27-19/h6-9,11-12,22,26,29H,1,10H2,2-5H3/b23-21+.